The molecule has 1 saturated carbocycles. The summed E-state index contributed by atoms with van der Waals surface area (Å²) in [6.07, 6.45) is 6.24. The van der Waals surface area contributed by atoms with Gasteiger partial charge in [-0.05, 0) is 42.9 Å². The highest BCUT2D eigenvalue weighted by Gasteiger charge is 2.19. The molecule has 1 fully saturated rings. The van der Waals surface area contributed by atoms with E-state index in [0.717, 1.165) is 10.9 Å². The van der Waals surface area contributed by atoms with Gasteiger partial charge in [0.05, 0.1) is 0 Å². The molecule has 0 aliphatic heterocycles. The maximum Gasteiger partial charge on any atom is 0.0341 e. The van der Waals surface area contributed by atoms with E-state index < -0.39 is 0 Å². The quantitative estimate of drug-likeness (QED) is 0.498. The summed E-state index contributed by atoms with van der Waals surface area (Å²) in [5, 5.41) is 0.376. The highest BCUT2D eigenvalue weighted by molar-refractivity contribution is 9.10. The van der Waals surface area contributed by atoms with E-state index in [1.807, 2.05) is 0 Å². The molecule has 1 aromatic rings. The molecule has 1 aliphatic carbocycles. The second-order valence-electron chi connectivity index (χ2n) is 4.37. The predicted molar refractivity (Wildman–Crippen MR) is 69.6 cm³/mol. The van der Waals surface area contributed by atoms with E-state index in [4.69, 9.17) is 11.6 Å². The molecule has 1 aromatic carbocycles. The molecule has 2 unspecified atom stereocenters. The van der Waals surface area contributed by atoms with Crippen molar-refractivity contribution >= 4 is 27.5 Å². The van der Waals surface area contributed by atoms with Crippen LogP contribution in [-0.4, -0.2) is 5.38 Å². The van der Waals surface area contributed by atoms with Crippen LogP contribution < -0.4 is 0 Å². The Labute approximate surface area is 105 Å². The highest BCUT2D eigenvalue weighted by Crippen LogP contribution is 2.34. The van der Waals surface area contributed by atoms with Gasteiger partial charge in [0.15, 0.2) is 0 Å². The van der Waals surface area contributed by atoms with E-state index in [9.17, 15) is 0 Å². The van der Waals surface area contributed by atoms with Crippen molar-refractivity contribution in [2.24, 2.45) is 0 Å². The second kappa shape index (κ2) is 5.36. The topological polar surface area (TPSA) is 0 Å². The van der Waals surface area contributed by atoms with Crippen LogP contribution in [0.15, 0.2) is 28.7 Å². The molecule has 15 heavy (non-hydrogen) atoms. The average Bonchev–Trinajstić information content (AvgIpc) is 2.44. The molecule has 0 heterocycles. The molecular weight excluding hydrogens is 272 g/mol. The normalized spacial score (nSPS) is 27.3. The third kappa shape index (κ3) is 3.22. The summed E-state index contributed by atoms with van der Waals surface area (Å²) in [4.78, 5) is 0. The van der Waals surface area contributed by atoms with Gasteiger partial charge in [0.25, 0.3) is 0 Å². The third-order valence-electron chi connectivity index (χ3n) is 3.20. The van der Waals surface area contributed by atoms with Crippen molar-refractivity contribution in [2.75, 3.05) is 0 Å². The molecule has 2 heteroatoms. The van der Waals surface area contributed by atoms with Gasteiger partial charge in [0.2, 0.25) is 0 Å². The van der Waals surface area contributed by atoms with Gasteiger partial charge in [-0.1, -0.05) is 40.9 Å². The lowest BCUT2D eigenvalue weighted by Crippen LogP contribution is -2.03. The largest absolute Gasteiger partial charge is 0.123 e. The minimum Gasteiger partial charge on any atom is -0.123 e. The summed E-state index contributed by atoms with van der Waals surface area (Å²) >= 11 is 9.76. The zero-order chi connectivity index (χ0) is 10.7. The number of benzene rings is 1. The van der Waals surface area contributed by atoms with Gasteiger partial charge in [0, 0.05) is 9.85 Å². The molecular formula is C13H16BrCl. The number of alkyl halides is 1. The van der Waals surface area contributed by atoms with E-state index in [-0.39, 0.29) is 0 Å². The first-order valence-corrected chi connectivity index (χ1v) is 6.88. The Morgan fingerprint density at radius 1 is 1.07 bits per heavy atom. The fourth-order valence-corrected chi connectivity index (χ4v) is 2.97. The van der Waals surface area contributed by atoms with E-state index in [1.54, 1.807) is 0 Å². The average molecular weight is 288 g/mol. The first-order valence-electron chi connectivity index (χ1n) is 5.65. The Morgan fingerprint density at radius 2 is 1.73 bits per heavy atom. The Hall–Kier alpha value is -0.0100. The van der Waals surface area contributed by atoms with Crippen LogP contribution in [0, 0.1) is 0 Å². The van der Waals surface area contributed by atoms with Crippen molar-refractivity contribution in [1.29, 1.82) is 0 Å². The van der Waals surface area contributed by atoms with Crippen molar-refractivity contribution in [3.8, 4) is 0 Å². The van der Waals surface area contributed by atoms with Gasteiger partial charge >= 0.3 is 0 Å². The first-order chi connectivity index (χ1) is 7.25. The van der Waals surface area contributed by atoms with E-state index >= 15 is 0 Å². The van der Waals surface area contributed by atoms with Crippen molar-refractivity contribution < 1.29 is 0 Å². The smallest absolute Gasteiger partial charge is 0.0341 e. The van der Waals surface area contributed by atoms with Crippen LogP contribution in [0.25, 0.3) is 0 Å². The van der Waals surface area contributed by atoms with Crippen LogP contribution >= 0.6 is 27.5 Å². The molecule has 0 saturated heterocycles. The van der Waals surface area contributed by atoms with Crippen molar-refractivity contribution in [1.82, 2.24) is 0 Å². The lowest BCUT2D eigenvalue weighted by atomic mass is 9.92. The zero-order valence-electron chi connectivity index (χ0n) is 8.76. The third-order valence-corrected chi connectivity index (χ3v) is 4.13. The number of hydrogen-bond acceptors (Lipinski definition) is 0. The molecule has 1 aliphatic rings. The lowest BCUT2D eigenvalue weighted by Gasteiger charge is -2.16. The molecule has 0 nitrogen and oxygen atoms in total. The Morgan fingerprint density at radius 3 is 2.47 bits per heavy atom. The second-order valence-corrected chi connectivity index (χ2v) is 5.90. The van der Waals surface area contributed by atoms with Crippen LogP contribution in [-0.2, 0) is 0 Å². The van der Waals surface area contributed by atoms with E-state index in [2.05, 4.69) is 40.2 Å². The Kier molecular flexibility index (Phi) is 4.10. The van der Waals surface area contributed by atoms with Gasteiger partial charge < -0.3 is 0 Å². The summed E-state index contributed by atoms with van der Waals surface area (Å²) < 4.78 is 1.15. The van der Waals surface area contributed by atoms with Gasteiger partial charge in [-0.3, -0.25) is 0 Å². The highest BCUT2D eigenvalue weighted by atomic mass is 79.9. The summed E-state index contributed by atoms with van der Waals surface area (Å²) in [5.41, 5.74) is 1.45. The fraction of sp³-hybridized carbons (Fsp3) is 0.538. The summed E-state index contributed by atoms with van der Waals surface area (Å²) in [6.45, 7) is 0. The van der Waals surface area contributed by atoms with Crippen LogP contribution in [0.2, 0.25) is 0 Å². The molecule has 0 radical (unpaired) electrons. The standard InChI is InChI=1S/C13H16BrCl/c14-12-7-5-10(6-8-12)11-3-1-2-4-13(15)9-11/h5-8,11,13H,1-4,9H2. The minimum atomic E-state index is 0.376. The predicted octanol–water partition coefficient (Wildman–Crippen LogP) is 5.10. The molecule has 0 N–H and O–H groups in total. The number of halogens is 2. The lowest BCUT2D eigenvalue weighted by molar-refractivity contribution is 0.595. The molecule has 0 bridgehead atoms. The summed E-state index contributed by atoms with van der Waals surface area (Å²) in [6, 6.07) is 8.71. The number of hydrogen-bond donors (Lipinski definition) is 0. The zero-order valence-corrected chi connectivity index (χ0v) is 11.1. The minimum absolute atomic E-state index is 0.376. The Bertz CT molecular complexity index is 307. The maximum atomic E-state index is 6.29. The molecule has 82 valence electrons. The first kappa shape index (κ1) is 11.5. The molecule has 0 amide bonds. The molecule has 0 aromatic heterocycles. The van der Waals surface area contributed by atoms with Crippen molar-refractivity contribution in [3.05, 3.63) is 34.3 Å². The molecule has 2 rings (SSSR count). The van der Waals surface area contributed by atoms with Gasteiger partial charge in [-0.25, -0.2) is 0 Å². The molecule has 0 spiro atoms. The number of rotatable bonds is 1. The van der Waals surface area contributed by atoms with Crippen LogP contribution in [0.5, 0.6) is 0 Å². The van der Waals surface area contributed by atoms with Gasteiger partial charge in [-0.2, -0.15) is 0 Å². The SMILES string of the molecule is ClC1CCCCC(c2ccc(Br)cc2)C1. The van der Waals surface area contributed by atoms with Gasteiger partial charge in [0.1, 0.15) is 0 Å². The maximum absolute atomic E-state index is 6.29. The van der Waals surface area contributed by atoms with Gasteiger partial charge in [-0.15, -0.1) is 11.6 Å². The van der Waals surface area contributed by atoms with E-state index in [0.29, 0.717) is 11.3 Å². The summed E-state index contributed by atoms with van der Waals surface area (Å²) in [5.74, 6) is 0.670. The van der Waals surface area contributed by atoms with Crippen LogP contribution in [0.4, 0.5) is 0 Å². The van der Waals surface area contributed by atoms with Crippen molar-refractivity contribution in [3.63, 3.8) is 0 Å². The van der Waals surface area contributed by atoms with Crippen molar-refractivity contribution in [2.45, 2.75) is 43.4 Å². The van der Waals surface area contributed by atoms with Crippen LogP contribution in [0.3, 0.4) is 0 Å². The monoisotopic (exact) mass is 286 g/mol. The van der Waals surface area contributed by atoms with Crippen LogP contribution in [0.1, 0.15) is 43.6 Å². The molecule has 2 atom stereocenters. The Balaban J connectivity index is 2.11. The van der Waals surface area contributed by atoms with E-state index in [1.165, 1.54) is 31.2 Å². The summed E-state index contributed by atoms with van der Waals surface area (Å²) in [7, 11) is 0. The fourth-order valence-electron chi connectivity index (χ4n) is 2.34.